The zero-order valence-electron chi connectivity index (χ0n) is 17.5. The summed E-state index contributed by atoms with van der Waals surface area (Å²) in [6, 6.07) is 14.3. The van der Waals surface area contributed by atoms with E-state index in [0.717, 1.165) is 43.4 Å². The Morgan fingerprint density at radius 3 is 2.24 bits per heavy atom. The largest absolute Gasteiger partial charge is 0.497 e. The monoisotopic (exact) mass is 414 g/mol. The van der Waals surface area contributed by atoms with E-state index in [9.17, 15) is 4.79 Å². The second-order valence-electron chi connectivity index (χ2n) is 7.29. The van der Waals surface area contributed by atoms with Crippen LogP contribution in [0.2, 0.25) is 0 Å². The maximum absolute atomic E-state index is 12.5. The summed E-state index contributed by atoms with van der Waals surface area (Å²) in [5.41, 5.74) is 3.59. The van der Waals surface area contributed by atoms with Crippen LogP contribution in [0.3, 0.4) is 0 Å². The van der Waals surface area contributed by atoms with Crippen molar-refractivity contribution in [2.24, 2.45) is 0 Å². The van der Waals surface area contributed by atoms with E-state index in [1.54, 1.807) is 18.9 Å². The van der Waals surface area contributed by atoms with Crippen LogP contribution >= 0.6 is 11.8 Å². The quantitative estimate of drug-likeness (QED) is 0.615. The van der Waals surface area contributed by atoms with Gasteiger partial charge in [0.15, 0.2) is 0 Å². The standard InChI is InChI=1S/C23H30N2O3S/c1-18-14-19(2)16-22(15-18)28-12-13-29-17-23(26)25-10-8-24(9-11-25)20-4-6-21(27-3)7-5-20/h4-7,14-16H,8-13,17H2,1-3H3. The number of anilines is 1. The Labute approximate surface area is 178 Å². The van der Waals surface area contributed by atoms with Gasteiger partial charge < -0.3 is 19.3 Å². The summed E-state index contributed by atoms with van der Waals surface area (Å²) in [7, 11) is 1.67. The second kappa shape index (κ2) is 10.4. The van der Waals surface area contributed by atoms with Gasteiger partial charge in [-0.1, -0.05) is 6.07 Å². The van der Waals surface area contributed by atoms with E-state index < -0.39 is 0 Å². The van der Waals surface area contributed by atoms with E-state index >= 15 is 0 Å². The zero-order valence-corrected chi connectivity index (χ0v) is 18.3. The third kappa shape index (κ3) is 6.32. The topological polar surface area (TPSA) is 42.0 Å². The molecule has 0 saturated carbocycles. The van der Waals surface area contributed by atoms with Gasteiger partial charge >= 0.3 is 0 Å². The molecule has 0 aromatic heterocycles. The normalized spacial score (nSPS) is 14.0. The molecule has 1 fully saturated rings. The number of carbonyl (C=O) groups excluding carboxylic acids is 1. The predicted octanol–water partition coefficient (Wildman–Crippen LogP) is 3.77. The van der Waals surface area contributed by atoms with E-state index in [2.05, 4.69) is 36.9 Å². The molecule has 156 valence electrons. The Morgan fingerprint density at radius 1 is 0.966 bits per heavy atom. The van der Waals surface area contributed by atoms with Crippen LogP contribution in [0.4, 0.5) is 5.69 Å². The molecule has 6 heteroatoms. The van der Waals surface area contributed by atoms with E-state index in [1.165, 1.54) is 16.8 Å². The van der Waals surface area contributed by atoms with Crippen LogP contribution in [0.1, 0.15) is 11.1 Å². The van der Waals surface area contributed by atoms with Gasteiger partial charge in [0, 0.05) is 37.6 Å². The minimum absolute atomic E-state index is 0.218. The highest BCUT2D eigenvalue weighted by atomic mass is 32.2. The second-order valence-corrected chi connectivity index (χ2v) is 8.40. The van der Waals surface area contributed by atoms with Crippen LogP contribution in [0, 0.1) is 13.8 Å². The van der Waals surface area contributed by atoms with Crippen molar-refractivity contribution in [1.82, 2.24) is 4.90 Å². The van der Waals surface area contributed by atoms with Gasteiger partial charge in [0.25, 0.3) is 0 Å². The minimum Gasteiger partial charge on any atom is -0.497 e. The van der Waals surface area contributed by atoms with Crippen molar-refractivity contribution < 1.29 is 14.3 Å². The Kier molecular flexibility index (Phi) is 7.69. The summed E-state index contributed by atoms with van der Waals surface area (Å²) in [6.07, 6.45) is 0. The first-order valence-electron chi connectivity index (χ1n) is 10.0. The van der Waals surface area contributed by atoms with E-state index in [4.69, 9.17) is 9.47 Å². The van der Waals surface area contributed by atoms with Crippen LogP contribution < -0.4 is 14.4 Å². The fraction of sp³-hybridized carbons (Fsp3) is 0.435. The lowest BCUT2D eigenvalue weighted by Gasteiger charge is -2.36. The van der Waals surface area contributed by atoms with Crippen molar-refractivity contribution >= 4 is 23.4 Å². The molecule has 0 N–H and O–H groups in total. The molecule has 29 heavy (non-hydrogen) atoms. The first-order chi connectivity index (χ1) is 14.0. The third-order valence-corrected chi connectivity index (χ3v) is 5.89. The summed E-state index contributed by atoms with van der Waals surface area (Å²) in [5.74, 6) is 3.31. The fourth-order valence-electron chi connectivity index (χ4n) is 3.49. The maximum Gasteiger partial charge on any atom is 0.232 e. The summed E-state index contributed by atoms with van der Waals surface area (Å²) >= 11 is 1.64. The number of hydrogen-bond donors (Lipinski definition) is 0. The highest BCUT2D eigenvalue weighted by molar-refractivity contribution is 7.99. The number of ether oxygens (including phenoxy) is 2. The first-order valence-corrected chi connectivity index (χ1v) is 11.2. The zero-order chi connectivity index (χ0) is 20.6. The van der Waals surface area contributed by atoms with Crippen LogP contribution in [0.5, 0.6) is 11.5 Å². The van der Waals surface area contributed by atoms with Crippen molar-refractivity contribution in [3.8, 4) is 11.5 Å². The van der Waals surface area contributed by atoms with Crippen LogP contribution in [-0.4, -0.2) is 62.2 Å². The molecule has 0 radical (unpaired) electrons. The number of aryl methyl sites for hydroxylation is 2. The number of rotatable bonds is 8. The van der Waals surface area contributed by atoms with E-state index in [-0.39, 0.29) is 5.91 Å². The molecule has 1 heterocycles. The number of hydrogen-bond acceptors (Lipinski definition) is 5. The maximum atomic E-state index is 12.5. The molecule has 1 aliphatic rings. The van der Waals surface area contributed by atoms with Gasteiger partial charge in [-0.2, -0.15) is 0 Å². The van der Waals surface area contributed by atoms with Gasteiger partial charge in [0.1, 0.15) is 11.5 Å². The van der Waals surface area contributed by atoms with Gasteiger partial charge in [-0.3, -0.25) is 4.79 Å². The lowest BCUT2D eigenvalue weighted by atomic mass is 10.1. The predicted molar refractivity (Wildman–Crippen MR) is 121 cm³/mol. The van der Waals surface area contributed by atoms with Gasteiger partial charge in [0.2, 0.25) is 5.91 Å². The molecule has 0 aliphatic carbocycles. The van der Waals surface area contributed by atoms with Crippen molar-refractivity contribution in [3.63, 3.8) is 0 Å². The lowest BCUT2D eigenvalue weighted by Crippen LogP contribution is -2.49. The molecule has 0 atom stereocenters. The molecule has 1 aliphatic heterocycles. The average Bonchev–Trinajstić information content (AvgIpc) is 2.73. The number of benzene rings is 2. The molecule has 0 bridgehead atoms. The Morgan fingerprint density at radius 2 is 1.62 bits per heavy atom. The molecular weight excluding hydrogens is 384 g/mol. The van der Waals surface area contributed by atoms with Crippen molar-refractivity contribution in [1.29, 1.82) is 0 Å². The minimum atomic E-state index is 0.218. The number of amides is 1. The molecule has 1 saturated heterocycles. The van der Waals surface area contributed by atoms with Crippen molar-refractivity contribution in [2.75, 3.05) is 56.3 Å². The summed E-state index contributed by atoms with van der Waals surface area (Å²) in [5, 5.41) is 0. The van der Waals surface area contributed by atoms with Gasteiger partial charge in [-0.05, 0) is 61.4 Å². The van der Waals surface area contributed by atoms with Crippen LogP contribution in [-0.2, 0) is 4.79 Å². The molecule has 0 unspecified atom stereocenters. The molecule has 2 aromatic rings. The number of methoxy groups -OCH3 is 1. The Hall–Kier alpha value is -2.34. The highest BCUT2D eigenvalue weighted by Gasteiger charge is 2.21. The van der Waals surface area contributed by atoms with E-state index in [1.807, 2.05) is 29.2 Å². The van der Waals surface area contributed by atoms with Crippen molar-refractivity contribution in [3.05, 3.63) is 53.6 Å². The number of piperazine rings is 1. The lowest BCUT2D eigenvalue weighted by molar-refractivity contribution is -0.128. The molecular formula is C23H30N2O3S. The fourth-order valence-corrected chi connectivity index (χ4v) is 4.20. The number of carbonyl (C=O) groups is 1. The van der Waals surface area contributed by atoms with Gasteiger partial charge in [0.05, 0.1) is 19.5 Å². The third-order valence-electron chi connectivity index (χ3n) is 4.99. The molecule has 5 nitrogen and oxygen atoms in total. The molecule has 2 aromatic carbocycles. The number of nitrogens with zero attached hydrogens (tertiary/aromatic N) is 2. The van der Waals surface area contributed by atoms with Gasteiger partial charge in [-0.15, -0.1) is 11.8 Å². The van der Waals surface area contributed by atoms with Crippen molar-refractivity contribution in [2.45, 2.75) is 13.8 Å². The molecule has 1 amide bonds. The molecule has 3 rings (SSSR count). The number of thioether (sulfide) groups is 1. The smallest absolute Gasteiger partial charge is 0.232 e. The molecule has 0 spiro atoms. The summed E-state index contributed by atoms with van der Waals surface area (Å²) in [6.45, 7) is 8.02. The van der Waals surface area contributed by atoms with E-state index in [0.29, 0.717) is 12.4 Å². The summed E-state index contributed by atoms with van der Waals surface area (Å²) in [4.78, 5) is 16.8. The van der Waals surface area contributed by atoms with Crippen LogP contribution in [0.15, 0.2) is 42.5 Å². The Bertz CT molecular complexity index is 782. The Balaban J connectivity index is 1.34. The first kappa shape index (κ1) is 21.4. The van der Waals surface area contributed by atoms with Crippen LogP contribution in [0.25, 0.3) is 0 Å². The average molecular weight is 415 g/mol. The highest BCUT2D eigenvalue weighted by Crippen LogP contribution is 2.21. The summed E-state index contributed by atoms with van der Waals surface area (Å²) < 4.78 is 11.0. The van der Waals surface area contributed by atoms with Gasteiger partial charge in [-0.25, -0.2) is 0 Å². The SMILES string of the molecule is COc1ccc(N2CCN(C(=O)CSCCOc3cc(C)cc(C)c3)CC2)cc1.